The third kappa shape index (κ3) is 3.85. The van der Waals surface area contributed by atoms with E-state index >= 15 is 0 Å². The van der Waals surface area contributed by atoms with Gasteiger partial charge in [-0.3, -0.25) is 10.1 Å². The van der Waals surface area contributed by atoms with Crippen LogP contribution in [0.1, 0.15) is 13.8 Å². The summed E-state index contributed by atoms with van der Waals surface area (Å²) in [6, 6.07) is 5.53. The molecule has 1 heterocycles. The lowest BCUT2D eigenvalue weighted by Gasteiger charge is -2.08. The van der Waals surface area contributed by atoms with Gasteiger partial charge in [0, 0.05) is 23.1 Å². The lowest BCUT2D eigenvalue weighted by atomic mass is 10.1. The van der Waals surface area contributed by atoms with Crippen molar-refractivity contribution in [1.82, 2.24) is 4.98 Å². The molecule has 5 nitrogen and oxygen atoms in total. The van der Waals surface area contributed by atoms with Gasteiger partial charge in [0.1, 0.15) is 11.5 Å². The first-order valence-corrected chi connectivity index (χ1v) is 7.55. The molecule has 116 valence electrons. The van der Waals surface area contributed by atoms with Crippen molar-refractivity contribution in [3.05, 3.63) is 35.2 Å². The van der Waals surface area contributed by atoms with Crippen LogP contribution in [-0.2, 0) is 4.79 Å². The van der Waals surface area contributed by atoms with Gasteiger partial charge in [-0.05, 0) is 26.0 Å². The molecule has 0 aliphatic rings. The molecule has 2 aromatic rings. The van der Waals surface area contributed by atoms with Crippen LogP contribution in [0.15, 0.2) is 35.2 Å². The van der Waals surface area contributed by atoms with Gasteiger partial charge in [0.05, 0.1) is 19.9 Å². The topological polar surface area (TPSA) is 60.5 Å². The number of carbonyl (C=O) groups is 1. The van der Waals surface area contributed by atoms with Crippen LogP contribution in [0.3, 0.4) is 0 Å². The van der Waals surface area contributed by atoms with E-state index in [2.05, 4.69) is 10.3 Å². The molecule has 0 aliphatic heterocycles. The predicted octanol–water partition coefficient (Wildman–Crippen LogP) is 3.73. The van der Waals surface area contributed by atoms with Gasteiger partial charge >= 0.3 is 0 Å². The number of nitrogens with zero attached hydrogens (tertiary/aromatic N) is 1. The Balaban J connectivity index is 2.24. The molecular formula is C16H18N2O3S. The summed E-state index contributed by atoms with van der Waals surface area (Å²) >= 11 is 1.37. The molecule has 0 saturated carbocycles. The minimum Gasteiger partial charge on any atom is -0.497 e. The van der Waals surface area contributed by atoms with E-state index in [0.29, 0.717) is 16.6 Å². The Morgan fingerprint density at radius 1 is 1.27 bits per heavy atom. The standard InChI is InChI=1S/C16H18N2O3S/c1-10(2)7-15(19)18-16-17-13(9-22-16)12-6-5-11(20-3)8-14(12)21-4/h5-9H,1-4H3,(H,17,18,19). The second kappa shape index (κ2) is 7.09. The van der Waals surface area contributed by atoms with E-state index < -0.39 is 0 Å². The quantitative estimate of drug-likeness (QED) is 0.853. The number of ether oxygens (including phenoxy) is 2. The normalized spacial score (nSPS) is 10.0. The van der Waals surface area contributed by atoms with Gasteiger partial charge in [0.25, 0.3) is 0 Å². The van der Waals surface area contributed by atoms with Crippen LogP contribution in [0.2, 0.25) is 0 Å². The van der Waals surface area contributed by atoms with Gasteiger partial charge in [-0.2, -0.15) is 0 Å². The van der Waals surface area contributed by atoms with E-state index in [1.54, 1.807) is 20.3 Å². The van der Waals surface area contributed by atoms with Gasteiger partial charge in [-0.25, -0.2) is 4.98 Å². The Morgan fingerprint density at radius 2 is 2.05 bits per heavy atom. The first-order chi connectivity index (χ1) is 10.5. The maximum absolute atomic E-state index is 11.7. The molecule has 1 amide bonds. The van der Waals surface area contributed by atoms with Gasteiger partial charge in [-0.1, -0.05) is 5.57 Å². The van der Waals surface area contributed by atoms with Gasteiger partial charge in [0.2, 0.25) is 5.91 Å². The van der Waals surface area contributed by atoms with Crippen LogP contribution in [0.4, 0.5) is 5.13 Å². The number of amides is 1. The molecule has 0 saturated heterocycles. The molecule has 1 aromatic heterocycles. The van der Waals surface area contributed by atoms with Crippen molar-refractivity contribution in [1.29, 1.82) is 0 Å². The van der Waals surface area contributed by atoms with E-state index in [4.69, 9.17) is 9.47 Å². The number of rotatable bonds is 5. The van der Waals surface area contributed by atoms with Crippen LogP contribution in [0.5, 0.6) is 11.5 Å². The number of benzene rings is 1. The molecule has 0 unspecified atom stereocenters. The van der Waals surface area contributed by atoms with Crippen LogP contribution in [0, 0.1) is 0 Å². The molecule has 22 heavy (non-hydrogen) atoms. The molecule has 2 rings (SSSR count). The first kappa shape index (κ1) is 16.0. The maximum Gasteiger partial charge on any atom is 0.250 e. The summed E-state index contributed by atoms with van der Waals surface area (Å²) in [4.78, 5) is 16.1. The average molecular weight is 318 g/mol. The number of hydrogen-bond donors (Lipinski definition) is 1. The SMILES string of the molecule is COc1ccc(-c2csc(NC(=O)C=C(C)C)n2)c(OC)c1. The Morgan fingerprint density at radius 3 is 2.68 bits per heavy atom. The molecule has 0 aliphatic carbocycles. The highest BCUT2D eigenvalue weighted by atomic mass is 32.1. The monoisotopic (exact) mass is 318 g/mol. The van der Waals surface area contributed by atoms with Gasteiger partial charge in [0.15, 0.2) is 5.13 Å². The number of thiazole rings is 1. The fraction of sp³-hybridized carbons (Fsp3) is 0.250. The van der Waals surface area contributed by atoms with E-state index in [0.717, 1.165) is 16.8 Å². The van der Waals surface area contributed by atoms with E-state index in [1.807, 2.05) is 31.4 Å². The molecule has 0 radical (unpaired) electrons. The highest BCUT2D eigenvalue weighted by Crippen LogP contribution is 2.34. The maximum atomic E-state index is 11.7. The summed E-state index contributed by atoms with van der Waals surface area (Å²) in [5, 5.41) is 5.18. The Labute approximate surface area is 133 Å². The molecule has 1 aromatic carbocycles. The number of aromatic nitrogens is 1. The highest BCUT2D eigenvalue weighted by molar-refractivity contribution is 7.14. The number of hydrogen-bond acceptors (Lipinski definition) is 5. The molecule has 0 bridgehead atoms. The minimum absolute atomic E-state index is 0.178. The van der Waals surface area contributed by atoms with Crippen LogP contribution in [-0.4, -0.2) is 25.1 Å². The number of carbonyl (C=O) groups excluding carboxylic acids is 1. The van der Waals surface area contributed by atoms with Crippen molar-refractivity contribution < 1.29 is 14.3 Å². The third-order valence-electron chi connectivity index (χ3n) is 2.84. The van der Waals surface area contributed by atoms with Crippen molar-refractivity contribution in [2.24, 2.45) is 0 Å². The highest BCUT2D eigenvalue weighted by Gasteiger charge is 2.12. The summed E-state index contributed by atoms with van der Waals surface area (Å²) in [7, 11) is 3.20. The lowest BCUT2D eigenvalue weighted by Crippen LogP contribution is -2.07. The number of nitrogens with one attached hydrogen (secondary N) is 1. The smallest absolute Gasteiger partial charge is 0.250 e. The fourth-order valence-corrected chi connectivity index (χ4v) is 2.58. The van der Waals surface area contributed by atoms with Crippen molar-refractivity contribution in [2.75, 3.05) is 19.5 Å². The van der Waals surface area contributed by atoms with Gasteiger partial charge < -0.3 is 9.47 Å². The van der Waals surface area contributed by atoms with Gasteiger partial charge in [-0.15, -0.1) is 11.3 Å². The predicted molar refractivity (Wildman–Crippen MR) is 88.7 cm³/mol. The van der Waals surface area contributed by atoms with E-state index in [1.165, 1.54) is 17.4 Å². The zero-order chi connectivity index (χ0) is 16.1. The summed E-state index contributed by atoms with van der Waals surface area (Å²) in [6.45, 7) is 3.74. The summed E-state index contributed by atoms with van der Waals surface area (Å²) in [5.41, 5.74) is 2.53. The zero-order valence-corrected chi connectivity index (χ0v) is 13.8. The Bertz CT molecular complexity index is 703. The molecular weight excluding hydrogens is 300 g/mol. The van der Waals surface area contributed by atoms with Crippen LogP contribution < -0.4 is 14.8 Å². The molecule has 1 N–H and O–H groups in total. The third-order valence-corrected chi connectivity index (χ3v) is 3.60. The van der Waals surface area contributed by atoms with E-state index in [9.17, 15) is 4.79 Å². The summed E-state index contributed by atoms with van der Waals surface area (Å²) in [6.07, 6.45) is 1.54. The van der Waals surface area contributed by atoms with Crippen molar-refractivity contribution in [3.8, 4) is 22.8 Å². The zero-order valence-electron chi connectivity index (χ0n) is 13.0. The second-order valence-electron chi connectivity index (χ2n) is 4.82. The van der Waals surface area contributed by atoms with Crippen molar-refractivity contribution >= 4 is 22.4 Å². The number of anilines is 1. The lowest BCUT2D eigenvalue weighted by molar-refractivity contribution is -0.111. The largest absolute Gasteiger partial charge is 0.497 e. The summed E-state index contributed by atoms with van der Waals surface area (Å²) < 4.78 is 10.6. The summed E-state index contributed by atoms with van der Waals surface area (Å²) in [5.74, 6) is 1.21. The van der Waals surface area contributed by atoms with Crippen LogP contribution >= 0.6 is 11.3 Å². The number of allylic oxidation sites excluding steroid dienone is 1. The van der Waals surface area contributed by atoms with E-state index in [-0.39, 0.29) is 5.91 Å². The second-order valence-corrected chi connectivity index (χ2v) is 5.67. The fourth-order valence-electron chi connectivity index (χ4n) is 1.87. The minimum atomic E-state index is -0.178. The Kier molecular flexibility index (Phi) is 5.16. The average Bonchev–Trinajstić information content (AvgIpc) is 2.93. The first-order valence-electron chi connectivity index (χ1n) is 6.67. The van der Waals surface area contributed by atoms with Crippen molar-refractivity contribution in [2.45, 2.75) is 13.8 Å². The molecule has 0 atom stereocenters. The molecule has 6 heteroatoms. The molecule has 0 fully saturated rings. The Hall–Kier alpha value is -2.34. The molecule has 0 spiro atoms. The van der Waals surface area contributed by atoms with Crippen LogP contribution in [0.25, 0.3) is 11.3 Å². The van der Waals surface area contributed by atoms with Crippen molar-refractivity contribution in [3.63, 3.8) is 0 Å². The number of methoxy groups -OCH3 is 2.